The molecule has 1 aliphatic heterocycles. The quantitative estimate of drug-likeness (QED) is 0.0720. The molecule has 15 heteroatoms. The van der Waals surface area contributed by atoms with Crippen LogP contribution in [0.4, 0.5) is 11.8 Å². The molecule has 1 saturated heterocycles. The lowest BCUT2D eigenvalue weighted by Crippen LogP contribution is -2.40. The Morgan fingerprint density at radius 1 is 1.26 bits per heavy atom. The molecule has 2 aromatic heterocycles. The molecular formula is C28H41ClN7O5PS. The van der Waals surface area contributed by atoms with Crippen molar-refractivity contribution in [3.8, 4) is 5.75 Å². The Hall–Kier alpha value is -2.38. The lowest BCUT2D eigenvalue weighted by molar-refractivity contribution is -0.150. The first-order valence-corrected chi connectivity index (χ1v) is 17.1. The molecule has 4 atom stereocenters. The van der Waals surface area contributed by atoms with E-state index < -0.39 is 14.1 Å². The Morgan fingerprint density at radius 3 is 2.63 bits per heavy atom. The van der Waals surface area contributed by atoms with E-state index in [4.69, 9.17) is 35.9 Å². The lowest BCUT2D eigenvalue weighted by atomic mass is 10.1. The van der Waals surface area contributed by atoms with E-state index in [1.54, 1.807) is 24.3 Å². The maximum atomic E-state index is 12.8. The number of nitrogens with zero attached hydrogens (tertiary/aromatic N) is 3. The normalized spacial score (nSPS) is 21.3. The number of rotatable bonds is 13. The standard InChI is InChI=1S/C26H35ClN7O5PS.C2H6/c1-15(2)37-24(35)26(10-11-26)32-40(39-18-7-5-17(27)6-8-18)36-14-19-13-16(3)23(38-19)34-12-9-20-21(31-33-41-4)29-25(28)30-22(20)34;1-2/h5-9,12,15-16,19,23,32-33H,10-11,13-14H2,1-4H3,(H3,28,29,30,31);1-2H3/t16?,19?,23-,40?;/m1./s1. The van der Waals surface area contributed by atoms with Crippen LogP contribution >= 0.6 is 32.1 Å². The molecule has 3 aromatic rings. The van der Waals surface area contributed by atoms with E-state index >= 15 is 0 Å². The third-order valence-electron chi connectivity index (χ3n) is 6.76. The van der Waals surface area contributed by atoms with Crippen LogP contribution in [0.25, 0.3) is 11.0 Å². The molecule has 0 bridgehead atoms. The van der Waals surface area contributed by atoms with E-state index in [1.165, 1.54) is 11.9 Å². The average molecular weight is 654 g/mol. The molecule has 0 spiro atoms. The Bertz CT molecular complexity index is 1360. The Morgan fingerprint density at radius 2 is 1.98 bits per heavy atom. The number of fused-ring (bicyclic) bond motifs is 1. The van der Waals surface area contributed by atoms with Crippen molar-refractivity contribution in [3.63, 3.8) is 0 Å². The van der Waals surface area contributed by atoms with Crippen LogP contribution in [-0.2, 0) is 18.8 Å². The predicted molar refractivity (Wildman–Crippen MR) is 173 cm³/mol. The number of hydrogen-bond donors (Lipinski definition) is 4. The van der Waals surface area contributed by atoms with Crippen LogP contribution in [0, 0.1) is 5.92 Å². The number of carbonyl (C=O) groups excluding carboxylic acids is 1. The molecule has 2 fully saturated rings. The Balaban J connectivity index is 0.00000207. The van der Waals surface area contributed by atoms with Crippen LogP contribution in [-0.4, -0.2) is 51.1 Å². The molecule has 1 saturated carbocycles. The summed E-state index contributed by atoms with van der Waals surface area (Å²) in [5.74, 6) is 1.21. The fourth-order valence-electron chi connectivity index (χ4n) is 4.63. The number of hydrazine groups is 1. The molecule has 2 aliphatic rings. The summed E-state index contributed by atoms with van der Waals surface area (Å²) in [4.78, 5) is 24.6. The van der Waals surface area contributed by atoms with Crippen LogP contribution in [0.15, 0.2) is 36.5 Å². The summed E-state index contributed by atoms with van der Waals surface area (Å²) in [5, 5.41) is 4.73. The molecule has 3 unspecified atom stereocenters. The number of nitrogens with one attached hydrogen (secondary N) is 3. The van der Waals surface area contributed by atoms with Gasteiger partial charge in [0.25, 0.3) is 0 Å². The van der Waals surface area contributed by atoms with Gasteiger partial charge < -0.3 is 28.8 Å². The molecule has 1 aliphatic carbocycles. The summed E-state index contributed by atoms with van der Waals surface area (Å²) in [7, 11) is -1.70. The van der Waals surface area contributed by atoms with Crippen molar-refractivity contribution in [1.29, 1.82) is 0 Å². The minimum Gasteiger partial charge on any atom is -0.462 e. The second-order valence-electron chi connectivity index (χ2n) is 10.4. The number of esters is 1. The molecular weight excluding hydrogens is 613 g/mol. The summed E-state index contributed by atoms with van der Waals surface area (Å²) in [6.45, 7) is 10.1. The topological polar surface area (TPSA) is 147 Å². The number of aromatic nitrogens is 3. The number of nitrogen functional groups attached to an aromatic ring is 1. The molecule has 5 rings (SSSR count). The fraction of sp³-hybridized carbons (Fsp3) is 0.536. The minimum absolute atomic E-state index is 0.162. The molecule has 5 N–H and O–H groups in total. The summed E-state index contributed by atoms with van der Waals surface area (Å²) in [6, 6.07) is 8.95. The van der Waals surface area contributed by atoms with Crippen molar-refractivity contribution in [2.24, 2.45) is 5.92 Å². The Kier molecular flexibility index (Phi) is 11.7. The van der Waals surface area contributed by atoms with Crippen LogP contribution in [0.1, 0.15) is 60.1 Å². The van der Waals surface area contributed by atoms with Gasteiger partial charge in [-0.15, -0.1) is 0 Å². The third kappa shape index (κ3) is 8.42. The zero-order valence-electron chi connectivity index (χ0n) is 25.3. The van der Waals surface area contributed by atoms with Crippen LogP contribution in [0.5, 0.6) is 5.75 Å². The summed E-state index contributed by atoms with van der Waals surface area (Å²) < 4.78 is 26.4. The summed E-state index contributed by atoms with van der Waals surface area (Å²) >= 11 is 7.46. The lowest BCUT2D eigenvalue weighted by Gasteiger charge is -2.25. The highest BCUT2D eigenvalue weighted by molar-refractivity contribution is 7.96. The molecule has 236 valence electrons. The van der Waals surface area contributed by atoms with E-state index in [0.717, 1.165) is 11.8 Å². The van der Waals surface area contributed by atoms with Crippen molar-refractivity contribution in [1.82, 2.24) is 24.5 Å². The number of halogens is 1. The smallest absolute Gasteiger partial charge is 0.327 e. The first-order chi connectivity index (χ1) is 20.7. The highest BCUT2D eigenvalue weighted by Crippen LogP contribution is 2.48. The van der Waals surface area contributed by atoms with Gasteiger partial charge in [-0.25, -0.2) is 5.09 Å². The first kappa shape index (κ1) is 33.5. The largest absolute Gasteiger partial charge is 0.462 e. The number of hydrogen-bond acceptors (Lipinski definition) is 12. The number of ether oxygens (including phenoxy) is 2. The first-order valence-electron chi connectivity index (χ1n) is 14.4. The molecule has 43 heavy (non-hydrogen) atoms. The van der Waals surface area contributed by atoms with Crippen molar-refractivity contribution >= 4 is 60.8 Å². The van der Waals surface area contributed by atoms with Crippen molar-refractivity contribution in [3.05, 3.63) is 41.6 Å². The number of nitrogens with two attached hydrogens (primary N) is 1. The molecule has 0 radical (unpaired) electrons. The van der Waals surface area contributed by atoms with Crippen LogP contribution in [0.2, 0.25) is 5.02 Å². The second-order valence-corrected chi connectivity index (χ2v) is 12.7. The molecule has 0 amide bonds. The highest BCUT2D eigenvalue weighted by Gasteiger charge is 2.54. The van der Waals surface area contributed by atoms with E-state index in [2.05, 4.69) is 32.2 Å². The Labute approximate surface area is 263 Å². The number of carbonyl (C=O) groups is 1. The zero-order valence-corrected chi connectivity index (χ0v) is 27.8. The number of benzene rings is 1. The number of anilines is 2. The summed E-state index contributed by atoms with van der Waals surface area (Å²) in [6.07, 6.45) is 5.20. The van der Waals surface area contributed by atoms with Gasteiger partial charge in [-0.05, 0) is 69.7 Å². The summed E-state index contributed by atoms with van der Waals surface area (Å²) in [5.41, 5.74) is 8.93. The predicted octanol–water partition coefficient (Wildman–Crippen LogP) is 6.21. The van der Waals surface area contributed by atoms with Gasteiger partial charge in [0.1, 0.15) is 23.2 Å². The third-order valence-corrected chi connectivity index (χ3v) is 8.69. The van der Waals surface area contributed by atoms with E-state index in [1.807, 2.05) is 50.8 Å². The maximum Gasteiger partial charge on any atom is 0.327 e. The molecule has 1 aromatic carbocycles. The zero-order chi connectivity index (χ0) is 31.1. The SMILES string of the molecule is CC.CSNNc1nc(N)nc2c1ccn2[C@@H]1OC(COP(NC2(C(=O)OC(C)C)CC2)Oc2ccc(Cl)cc2)CC1C. The van der Waals surface area contributed by atoms with Gasteiger partial charge in [-0.1, -0.05) is 44.3 Å². The average Bonchev–Trinajstić information content (AvgIpc) is 3.50. The minimum atomic E-state index is -1.70. The van der Waals surface area contributed by atoms with Crippen molar-refractivity contribution in [2.45, 2.75) is 77.9 Å². The van der Waals surface area contributed by atoms with Gasteiger partial charge in [0, 0.05) is 17.1 Å². The van der Waals surface area contributed by atoms with Gasteiger partial charge in [-0.3, -0.25) is 10.2 Å². The highest BCUT2D eigenvalue weighted by atomic mass is 35.5. The van der Waals surface area contributed by atoms with Gasteiger partial charge >= 0.3 is 14.5 Å². The monoisotopic (exact) mass is 653 g/mol. The van der Waals surface area contributed by atoms with E-state index in [9.17, 15) is 4.79 Å². The van der Waals surface area contributed by atoms with Gasteiger partial charge in [0.05, 0.1) is 24.2 Å². The fourth-order valence-corrected chi connectivity index (χ4v) is 6.39. The van der Waals surface area contributed by atoms with E-state index in [0.29, 0.717) is 35.1 Å². The van der Waals surface area contributed by atoms with Gasteiger partial charge in [-0.2, -0.15) is 14.8 Å². The molecule has 3 heterocycles. The maximum absolute atomic E-state index is 12.8. The van der Waals surface area contributed by atoms with Crippen molar-refractivity contribution < 1.29 is 23.3 Å². The van der Waals surface area contributed by atoms with Crippen LogP contribution < -0.4 is 25.6 Å². The van der Waals surface area contributed by atoms with Gasteiger partial charge in [0.15, 0.2) is 5.82 Å². The van der Waals surface area contributed by atoms with Gasteiger partial charge in [0.2, 0.25) is 5.95 Å². The van der Waals surface area contributed by atoms with E-state index in [-0.39, 0.29) is 42.9 Å². The van der Waals surface area contributed by atoms with Crippen LogP contribution in [0.3, 0.4) is 0 Å². The second kappa shape index (κ2) is 15.1. The molecule has 12 nitrogen and oxygen atoms in total. The van der Waals surface area contributed by atoms with Crippen molar-refractivity contribution in [2.75, 3.05) is 24.0 Å².